The van der Waals surface area contributed by atoms with Crippen LogP contribution in [0.15, 0.2) is 24.3 Å². The number of amides is 1. The van der Waals surface area contributed by atoms with Gasteiger partial charge in [-0.15, -0.1) is 12.4 Å². The quantitative estimate of drug-likeness (QED) is 0.600. The number of benzene rings is 1. The van der Waals surface area contributed by atoms with E-state index in [1.165, 1.54) is 5.56 Å². The van der Waals surface area contributed by atoms with Gasteiger partial charge in [-0.1, -0.05) is 26.0 Å². The van der Waals surface area contributed by atoms with Crippen molar-refractivity contribution in [1.82, 2.24) is 9.80 Å². The Morgan fingerprint density at radius 1 is 1.08 bits per heavy atom. The Balaban J connectivity index is 0.00000625. The standard InChI is InChI=1S/C21H36N2O2.ClH/c1-9-20(17(6)14-22(7)8)18-11-10-12-19(13-18)25-21(24)23(15(2)3)16(4)5;/h10-13,15-17,20H,9,14H2,1-8H3;1H/t17-,20+;/m0./s1. The lowest BCUT2D eigenvalue weighted by molar-refractivity contribution is 0.122. The Morgan fingerprint density at radius 2 is 1.65 bits per heavy atom. The molecule has 0 aliphatic heterocycles. The molecule has 5 heteroatoms. The van der Waals surface area contributed by atoms with E-state index in [0.29, 0.717) is 17.6 Å². The van der Waals surface area contributed by atoms with Gasteiger partial charge in [0.25, 0.3) is 0 Å². The summed E-state index contributed by atoms with van der Waals surface area (Å²) in [6.45, 7) is 13.6. The molecule has 1 amide bonds. The summed E-state index contributed by atoms with van der Waals surface area (Å²) in [5, 5.41) is 0. The molecule has 0 aliphatic carbocycles. The third kappa shape index (κ3) is 7.16. The predicted octanol–water partition coefficient (Wildman–Crippen LogP) is 5.42. The van der Waals surface area contributed by atoms with Gasteiger partial charge in [-0.3, -0.25) is 0 Å². The molecule has 0 heterocycles. The lowest BCUT2D eigenvalue weighted by Gasteiger charge is -2.30. The fourth-order valence-corrected chi connectivity index (χ4v) is 3.65. The molecule has 0 saturated carbocycles. The lowest BCUT2D eigenvalue weighted by atomic mass is 9.85. The smallest absolute Gasteiger partial charge is 0.410 e. The van der Waals surface area contributed by atoms with Gasteiger partial charge in [0.15, 0.2) is 0 Å². The van der Waals surface area contributed by atoms with Crippen molar-refractivity contribution in [3.8, 4) is 5.75 Å². The molecule has 0 N–H and O–H groups in total. The Kier molecular flexibility index (Phi) is 10.9. The van der Waals surface area contributed by atoms with Gasteiger partial charge in [0.05, 0.1) is 0 Å². The second-order valence-corrected chi connectivity index (χ2v) is 7.79. The lowest BCUT2D eigenvalue weighted by Crippen LogP contribution is -2.43. The third-order valence-corrected chi connectivity index (χ3v) is 4.59. The van der Waals surface area contributed by atoms with Crippen molar-refractivity contribution in [2.24, 2.45) is 5.92 Å². The molecule has 1 rings (SSSR count). The van der Waals surface area contributed by atoms with Crippen molar-refractivity contribution in [2.75, 3.05) is 20.6 Å². The van der Waals surface area contributed by atoms with E-state index in [4.69, 9.17) is 4.74 Å². The van der Waals surface area contributed by atoms with Gasteiger partial charge in [-0.2, -0.15) is 0 Å². The first-order chi connectivity index (χ1) is 11.7. The van der Waals surface area contributed by atoms with E-state index in [2.05, 4.69) is 38.9 Å². The number of nitrogens with zero attached hydrogens (tertiary/aromatic N) is 2. The van der Waals surface area contributed by atoms with Crippen LogP contribution in [0.2, 0.25) is 0 Å². The molecule has 0 bridgehead atoms. The number of carbonyl (C=O) groups excluding carboxylic acids is 1. The van der Waals surface area contributed by atoms with Gasteiger partial charge in [0.1, 0.15) is 5.75 Å². The highest BCUT2D eigenvalue weighted by molar-refractivity contribution is 5.85. The van der Waals surface area contributed by atoms with Crippen LogP contribution in [-0.4, -0.2) is 48.6 Å². The summed E-state index contributed by atoms with van der Waals surface area (Å²) >= 11 is 0. The summed E-state index contributed by atoms with van der Waals surface area (Å²) in [7, 11) is 4.21. The second-order valence-electron chi connectivity index (χ2n) is 7.79. The van der Waals surface area contributed by atoms with Crippen LogP contribution >= 0.6 is 12.4 Å². The highest BCUT2D eigenvalue weighted by atomic mass is 35.5. The first kappa shape index (κ1) is 24.7. The maximum Gasteiger partial charge on any atom is 0.415 e. The first-order valence-electron chi connectivity index (χ1n) is 9.42. The Bertz CT molecular complexity index is 539. The fourth-order valence-electron chi connectivity index (χ4n) is 3.65. The van der Waals surface area contributed by atoms with Gasteiger partial charge < -0.3 is 14.5 Å². The van der Waals surface area contributed by atoms with Crippen molar-refractivity contribution in [3.05, 3.63) is 29.8 Å². The number of hydrogen-bond acceptors (Lipinski definition) is 3. The molecule has 0 fully saturated rings. The van der Waals surface area contributed by atoms with Crippen LogP contribution in [0.3, 0.4) is 0 Å². The van der Waals surface area contributed by atoms with Crippen LogP contribution in [0, 0.1) is 5.92 Å². The predicted molar refractivity (Wildman–Crippen MR) is 113 cm³/mol. The molecule has 1 aromatic rings. The van der Waals surface area contributed by atoms with Crippen molar-refractivity contribution in [2.45, 2.75) is 66.0 Å². The Hall–Kier alpha value is -1.26. The monoisotopic (exact) mass is 384 g/mol. The van der Waals surface area contributed by atoms with Gasteiger partial charge >= 0.3 is 6.09 Å². The number of ether oxygens (including phenoxy) is 1. The minimum atomic E-state index is -0.281. The van der Waals surface area contributed by atoms with E-state index in [0.717, 1.165) is 13.0 Å². The zero-order valence-corrected chi connectivity index (χ0v) is 18.5. The summed E-state index contributed by atoms with van der Waals surface area (Å²) in [6.07, 6.45) is 0.785. The zero-order valence-electron chi connectivity index (χ0n) is 17.7. The maximum atomic E-state index is 12.5. The summed E-state index contributed by atoms with van der Waals surface area (Å²) in [5.41, 5.74) is 1.24. The molecule has 0 saturated heterocycles. The van der Waals surface area contributed by atoms with E-state index in [9.17, 15) is 4.79 Å². The van der Waals surface area contributed by atoms with Crippen LogP contribution in [-0.2, 0) is 0 Å². The van der Waals surface area contributed by atoms with Crippen LogP contribution in [0.25, 0.3) is 0 Å². The number of rotatable bonds is 8. The topological polar surface area (TPSA) is 32.8 Å². The van der Waals surface area contributed by atoms with Gasteiger partial charge in [-0.25, -0.2) is 4.79 Å². The first-order valence-corrected chi connectivity index (χ1v) is 9.42. The molecule has 0 aromatic heterocycles. The van der Waals surface area contributed by atoms with E-state index < -0.39 is 0 Å². The molecule has 26 heavy (non-hydrogen) atoms. The minimum Gasteiger partial charge on any atom is -0.410 e. The van der Waals surface area contributed by atoms with Gasteiger partial charge in [0.2, 0.25) is 0 Å². The highest BCUT2D eigenvalue weighted by Crippen LogP contribution is 2.30. The minimum absolute atomic E-state index is 0. The summed E-state index contributed by atoms with van der Waals surface area (Å²) in [4.78, 5) is 16.5. The molecule has 2 atom stereocenters. The summed E-state index contributed by atoms with van der Waals surface area (Å²) in [6, 6.07) is 8.23. The van der Waals surface area contributed by atoms with E-state index >= 15 is 0 Å². The zero-order chi connectivity index (χ0) is 19.1. The number of carbonyl (C=O) groups is 1. The average Bonchev–Trinajstić information content (AvgIpc) is 2.46. The van der Waals surface area contributed by atoms with Gasteiger partial charge in [0, 0.05) is 18.6 Å². The molecule has 150 valence electrons. The van der Waals surface area contributed by atoms with Crippen LogP contribution in [0.1, 0.15) is 59.4 Å². The molecule has 4 nitrogen and oxygen atoms in total. The molecule has 0 radical (unpaired) electrons. The summed E-state index contributed by atoms with van der Waals surface area (Å²) in [5.74, 6) is 1.62. The van der Waals surface area contributed by atoms with Crippen molar-refractivity contribution in [3.63, 3.8) is 0 Å². The van der Waals surface area contributed by atoms with Crippen LogP contribution in [0.4, 0.5) is 4.79 Å². The number of halogens is 1. The molecular formula is C21H37ClN2O2. The second kappa shape index (κ2) is 11.5. The molecule has 0 spiro atoms. The van der Waals surface area contributed by atoms with E-state index in [1.807, 2.05) is 45.9 Å². The fraction of sp³-hybridized carbons (Fsp3) is 0.667. The number of hydrogen-bond donors (Lipinski definition) is 0. The van der Waals surface area contributed by atoms with Crippen molar-refractivity contribution in [1.29, 1.82) is 0 Å². The third-order valence-electron chi connectivity index (χ3n) is 4.59. The molecule has 0 aliphatic rings. The molecule has 1 aromatic carbocycles. The van der Waals surface area contributed by atoms with Crippen LogP contribution < -0.4 is 4.74 Å². The SMILES string of the molecule is CC[C@@H](c1cccc(OC(=O)N(C(C)C)C(C)C)c1)[C@@H](C)CN(C)C.Cl. The molecule has 0 unspecified atom stereocenters. The van der Waals surface area contributed by atoms with E-state index in [1.54, 1.807) is 4.90 Å². The van der Waals surface area contributed by atoms with E-state index in [-0.39, 0.29) is 30.6 Å². The Labute approximate surface area is 166 Å². The van der Waals surface area contributed by atoms with Gasteiger partial charge in [-0.05, 0) is 77.7 Å². The highest BCUT2D eigenvalue weighted by Gasteiger charge is 2.23. The maximum absolute atomic E-state index is 12.5. The largest absolute Gasteiger partial charge is 0.415 e. The van der Waals surface area contributed by atoms with Crippen molar-refractivity contribution >= 4 is 18.5 Å². The average molecular weight is 385 g/mol. The Morgan fingerprint density at radius 3 is 2.12 bits per heavy atom. The van der Waals surface area contributed by atoms with Crippen molar-refractivity contribution < 1.29 is 9.53 Å². The normalized spacial score (nSPS) is 13.5. The molecular weight excluding hydrogens is 348 g/mol. The van der Waals surface area contributed by atoms with Crippen LogP contribution in [0.5, 0.6) is 5.75 Å². The summed E-state index contributed by atoms with van der Waals surface area (Å²) < 4.78 is 5.67.